The molecule has 0 fully saturated rings. The first kappa shape index (κ1) is 78.9. The highest BCUT2D eigenvalue weighted by Crippen LogP contribution is 2.55. The zero-order valence-corrected chi connectivity index (χ0v) is 74.0. The van der Waals surface area contributed by atoms with Crippen LogP contribution < -0.4 is 9.80 Å². The normalized spacial score (nSPS) is 13.0. The molecular formula is C116H114N4. The van der Waals surface area contributed by atoms with Crippen LogP contribution in [0, 0.1) is 0 Å². The molecule has 2 heterocycles. The van der Waals surface area contributed by atoms with Gasteiger partial charge in [-0.25, -0.2) is 0 Å². The Balaban J connectivity index is 1.01. The molecule has 0 spiro atoms. The minimum absolute atomic E-state index is 0.104. The minimum Gasteiger partial charge on any atom is -0.310 e. The monoisotopic (exact) mass is 1560 g/mol. The lowest BCUT2D eigenvalue weighted by molar-refractivity contribution is 0.590. The fraction of sp³-hybridized carbons (Fsp3) is 0.241. The molecule has 0 N–H and O–H groups in total. The quantitative estimate of drug-likeness (QED) is 0.0897. The summed E-state index contributed by atoms with van der Waals surface area (Å²) < 4.78 is 5.26. The number of hydrogen-bond acceptors (Lipinski definition) is 2. The van der Waals surface area contributed by atoms with E-state index >= 15 is 0 Å². The molecule has 16 aromatic carbocycles. The van der Waals surface area contributed by atoms with E-state index in [1.807, 2.05) is 0 Å². The van der Waals surface area contributed by atoms with Gasteiger partial charge in [-0.15, -0.1) is 0 Å². The fourth-order valence-corrected chi connectivity index (χ4v) is 19.1. The van der Waals surface area contributed by atoms with Crippen LogP contribution in [0.25, 0.3) is 87.3 Å². The van der Waals surface area contributed by atoms with Crippen LogP contribution in [0.1, 0.15) is 205 Å². The minimum atomic E-state index is -0.281. The van der Waals surface area contributed by atoms with Gasteiger partial charge >= 0.3 is 0 Å². The third-order valence-electron chi connectivity index (χ3n) is 27.1. The fourth-order valence-electron chi connectivity index (χ4n) is 19.1. The third kappa shape index (κ3) is 13.5. The molecule has 18 rings (SSSR count). The van der Waals surface area contributed by atoms with E-state index in [0.717, 1.165) is 89.1 Å². The van der Waals surface area contributed by atoms with E-state index in [-0.39, 0.29) is 43.3 Å². The first-order chi connectivity index (χ1) is 57.1. The van der Waals surface area contributed by atoms with Crippen LogP contribution in [-0.4, -0.2) is 9.13 Å². The van der Waals surface area contributed by atoms with Crippen molar-refractivity contribution in [2.75, 3.05) is 9.80 Å². The predicted molar refractivity (Wildman–Crippen MR) is 517 cm³/mol. The average molecular weight is 1560 g/mol. The van der Waals surface area contributed by atoms with E-state index in [9.17, 15) is 0 Å². The van der Waals surface area contributed by atoms with Crippen molar-refractivity contribution in [3.05, 3.63) is 394 Å². The van der Waals surface area contributed by atoms with Gasteiger partial charge in [0.05, 0.1) is 44.8 Å². The number of benzene rings is 16. The largest absolute Gasteiger partial charge is 0.310 e. The molecule has 0 aliphatic heterocycles. The summed E-state index contributed by atoms with van der Waals surface area (Å²) in [4.78, 5) is 5.16. The molecule has 0 atom stereocenters. The Morgan fingerprint density at radius 1 is 0.175 bits per heavy atom. The Kier molecular flexibility index (Phi) is 18.9. The third-order valence-corrected chi connectivity index (χ3v) is 27.1. The molecule has 0 aliphatic rings. The summed E-state index contributed by atoms with van der Waals surface area (Å²) in [7, 11) is 0. The Morgan fingerprint density at radius 3 is 0.575 bits per heavy atom. The van der Waals surface area contributed by atoms with Gasteiger partial charge in [-0.3, -0.25) is 0 Å². The molecule has 120 heavy (non-hydrogen) atoms. The molecule has 4 nitrogen and oxygen atoms in total. The van der Waals surface area contributed by atoms with Crippen molar-refractivity contribution in [1.29, 1.82) is 0 Å². The summed E-state index contributed by atoms with van der Waals surface area (Å²) in [6.45, 7) is 47.0. The first-order valence-corrected chi connectivity index (χ1v) is 43.3. The Morgan fingerprint density at radius 2 is 0.367 bits per heavy atom. The van der Waals surface area contributed by atoms with Crippen molar-refractivity contribution < 1.29 is 0 Å². The van der Waals surface area contributed by atoms with Crippen LogP contribution in [0.15, 0.2) is 328 Å². The molecule has 598 valence electrons. The van der Waals surface area contributed by atoms with Gasteiger partial charge in [0.15, 0.2) is 0 Å². The van der Waals surface area contributed by atoms with Gasteiger partial charge in [-0.1, -0.05) is 357 Å². The molecule has 2 aromatic heterocycles. The van der Waals surface area contributed by atoms with Crippen molar-refractivity contribution in [3.63, 3.8) is 0 Å². The lowest BCUT2D eigenvalue weighted by Gasteiger charge is -2.33. The van der Waals surface area contributed by atoms with Crippen molar-refractivity contribution in [3.8, 4) is 11.4 Å². The molecule has 0 unspecified atom stereocenters. The highest BCUT2D eigenvalue weighted by atomic mass is 15.2. The maximum absolute atomic E-state index is 2.63. The Bertz CT molecular complexity index is 6150. The molecule has 0 saturated heterocycles. The highest BCUT2D eigenvalue weighted by molar-refractivity contribution is 6.32. The SMILES string of the molecule is CC(C)(C)c1ccc2c(c1)c1cc(C(C)(C)C)ccc1n2-c1cc(N(c2ccc(C(C)(C)c3ccccc3)cc2)c2ccc(C(C)(C)c3ccccc3)cc2)c2ccc3c(-n4c5ccc(C(C)(C)C)cc5c5cc(C(C)(C)C)ccc54)cc(N(c4ccc(C(C)(C)c5ccccc5)cc4)c4ccc(C(C)(C)c5ccccc5)cc4)c4ccc1c2c43. The van der Waals surface area contributed by atoms with Crippen molar-refractivity contribution >= 4 is 110 Å². The number of fused-ring (bicyclic) bond motifs is 6. The number of anilines is 6. The number of aromatic nitrogens is 2. The smallest absolute Gasteiger partial charge is 0.0562 e. The van der Waals surface area contributed by atoms with E-state index in [1.165, 1.54) is 99.1 Å². The van der Waals surface area contributed by atoms with Crippen LogP contribution in [0.3, 0.4) is 0 Å². The van der Waals surface area contributed by atoms with Gasteiger partial charge in [0.25, 0.3) is 0 Å². The second kappa shape index (κ2) is 28.8. The summed E-state index contributed by atoms with van der Waals surface area (Å²) in [5.74, 6) is 0. The summed E-state index contributed by atoms with van der Waals surface area (Å²) >= 11 is 0. The summed E-state index contributed by atoms with van der Waals surface area (Å²) in [6, 6.07) is 126. The van der Waals surface area contributed by atoms with Crippen molar-refractivity contribution in [1.82, 2.24) is 9.13 Å². The van der Waals surface area contributed by atoms with Crippen LogP contribution in [0.4, 0.5) is 34.1 Å². The first-order valence-electron chi connectivity index (χ1n) is 43.3. The molecule has 4 heteroatoms. The van der Waals surface area contributed by atoms with Gasteiger partial charge in [-0.05, 0) is 198 Å². The summed E-state index contributed by atoms with van der Waals surface area (Å²) in [5.41, 5.74) is 27.0. The maximum Gasteiger partial charge on any atom is 0.0562 e. The van der Waals surface area contributed by atoms with E-state index in [1.54, 1.807) is 0 Å². The molecular weight excluding hydrogens is 1450 g/mol. The van der Waals surface area contributed by atoms with Gasteiger partial charge in [0.2, 0.25) is 0 Å². The Hall–Kier alpha value is -12.2. The second-order valence-corrected chi connectivity index (χ2v) is 40.3. The lowest BCUT2D eigenvalue weighted by atomic mass is 9.78. The zero-order chi connectivity index (χ0) is 84.1. The lowest BCUT2D eigenvalue weighted by Crippen LogP contribution is -2.20. The predicted octanol–water partition coefficient (Wildman–Crippen LogP) is 32.2. The topological polar surface area (TPSA) is 16.3 Å². The van der Waals surface area contributed by atoms with Gasteiger partial charge < -0.3 is 18.9 Å². The van der Waals surface area contributed by atoms with Crippen molar-refractivity contribution in [2.45, 2.75) is 182 Å². The van der Waals surface area contributed by atoms with E-state index in [2.05, 4.69) is 485 Å². The molecule has 0 saturated carbocycles. The standard InChI is InChI=1S/C116H114N4/c1-109(2,3)83-49-65-99-95(69-83)96-70-84(110(4,5)6)50-66-100(96)119(99)105-73-103(117(87-53-41-79(42-54-87)113(13,14)75-33-25-21-26-34-75)88-55-43-80(44-56-88)114(15,16)76-35-27-22-28-36-76)91-62-64-94-106(120-101-67-51-85(111(7,8)9)71-97(101)98-72-86(112(10,11)12)52-68-102(98)120)74-104(92-61-63-93(105)107(91)108(92)94)118(89-57-45-81(46-58-89)115(17,18)77-37-29-23-30-38-77)90-59-47-82(48-60-90)116(19,20)78-39-31-24-32-40-78/h21-74H,1-20H3. The molecule has 0 radical (unpaired) electrons. The average Bonchev–Trinajstić information content (AvgIpc) is 1.13. The maximum atomic E-state index is 2.63. The number of hydrogen-bond donors (Lipinski definition) is 0. The van der Waals surface area contributed by atoms with Crippen LogP contribution in [0.5, 0.6) is 0 Å². The van der Waals surface area contributed by atoms with Crippen LogP contribution in [-0.2, 0) is 43.3 Å². The van der Waals surface area contributed by atoms with Gasteiger partial charge in [-0.2, -0.15) is 0 Å². The van der Waals surface area contributed by atoms with Crippen LogP contribution in [0.2, 0.25) is 0 Å². The van der Waals surface area contributed by atoms with E-state index < -0.39 is 0 Å². The summed E-state index contributed by atoms with van der Waals surface area (Å²) in [6.07, 6.45) is 0. The second-order valence-electron chi connectivity index (χ2n) is 40.3. The molecule has 0 bridgehead atoms. The number of nitrogens with zero attached hydrogens (tertiary/aromatic N) is 4. The highest BCUT2D eigenvalue weighted by Gasteiger charge is 2.34. The van der Waals surface area contributed by atoms with Crippen molar-refractivity contribution in [2.24, 2.45) is 0 Å². The molecule has 0 amide bonds. The zero-order valence-electron chi connectivity index (χ0n) is 74.0. The molecule has 0 aliphatic carbocycles. The van der Waals surface area contributed by atoms with E-state index in [4.69, 9.17) is 0 Å². The summed E-state index contributed by atoms with van der Waals surface area (Å²) in [5, 5.41) is 11.9. The Labute approximate surface area is 711 Å². The number of rotatable bonds is 16. The van der Waals surface area contributed by atoms with Gasteiger partial charge in [0, 0.05) is 98.3 Å². The van der Waals surface area contributed by atoms with E-state index in [0.29, 0.717) is 0 Å². The molecule has 18 aromatic rings. The van der Waals surface area contributed by atoms with Crippen LogP contribution >= 0.6 is 0 Å². The van der Waals surface area contributed by atoms with Gasteiger partial charge in [0.1, 0.15) is 0 Å².